The van der Waals surface area contributed by atoms with Gasteiger partial charge in [-0.3, -0.25) is 4.79 Å². The van der Waals surface area contributed by atoms with Crippen molar-refractivity contribution in [2.45, 2.75) is 71.1 Å². The van der Waals surface area contributed by atoms with Crippen LogP contribution >= 0.6 is 11.6 Å². The summed E-state index contributed by atoms with van der Waals surface area (Å²) < 4.78 is 4.89. The quantitative estimate of drug-likeness (QED) is 0.234. The molecule has 0 aliphatic rings. The van der Waals surface area contributed by atoms with Gasteiger partial charge in [0.05, 0.1) is 6.61 Å². The third-order valence-corrected chi connectivity index (χ3v) is 3.09. The molecule has 0 aliphatic carbocycles. The Hall–Kier alpha value is 0.760. The first kappa shape index (κ1) is 21.1. The minimum atomic E-state index is -0.303. The van der Waals surface area contributed by atoms with Crippen LogP contribution in [-0.4, -0.2) is 48.0 Å². The van der Waals surface area contributed by atoms with E-state index in [9.17, 15) is 4.79 Å². The Balaban J connectivity index is 0. The van der Waals surface area contributed by atoms with Gasteiger partial charge in [-0.15, -0.1) is 11.6 Å². The number of esters is 1. The Labute approximate surface area is 139 Å². The first-order valence-electron chi connectivity index (χ1n) is 7.02. The van der Waals surface area contributed by atoms with Crippen molar-refractivity contribution in [3.8, 4) is 0 Å². The second-order valence-corrected chi connectivity index (χ2v) is 4.80. The topological polar surface area (TPSA) is 26.3 Å². The van der Waals surface area contributed by atoms with Crippen LogP contribution in [0.1, 0.15) is 71.1 Å². The van der Waals surface area contributed by atoms with Gasteiger partial charge in [0, 0.05) is 0 Å². The van der Waals surface area contributed by atoms with E-state index in [1.165, 1.54) is 51.4 Å². The summed E-state index contributed by atoms with van der Waals surface area (Å²) in [5.41, 5.74) is 0. The van der Waals surface area contributed by atoms with E-state index in [2.05, 4.69) is 6.92 Å². The Morgan fingerprint density at radius 1 is 0.889 bits per heavy atom. The molecule has 0 aromatic rings. The molecule has 2 nitrogen and oxygen atoms in total. The molecule has 0 atom stereocenters. The summed E-state index contributed by atoms with van der Waals surface area (Å²) in [4.78, 5) is 10.7. The van der Waals surface area contributed by atoms with Gasteiger partial charge < -0.3 is 4.74 Å². The SMILES string of the molecule is CCCCCCCCCCCCOC(=O)CCl.[NaH]. The second-order valence-electron chi connectivity index (χ2n) is 4.54. The molecule has 0 aromatic carbocycles. The van der Waals surface area contributed by atoms with Crippen LogP contribution in [0.2, 0.25) is 0 Å². The van der Waals surface area contributed by atoms with Gasteiger partial charge in [-0.05, 0) is 6.42 Å². The van der Waals surface area contributed by atoms with Crippen molar-refractivity contribution in [2.24, 2.45) is 0 Å². The van der Waals surface area contributed by atoms with Crippen LogP contribution in [0.15, 0.2) is 0 Å². The number of hydrogen-bond donors (Lipinski definition) is 0. The van der Waals surface area contributed by atoms with E-state index in [0.717, 1.165) is 12.8 Å². The summed E-state index contributed by atoms with van der Waals surface area (Å²) in [5.74, 6) is -0.333. The normalized spacial score (nSPS) is 9.89. The minimum absolute atomic E-state index is 0. The standard InChI is InChI=1S/C14H27ClO2.Na.H/c1-2-3-4-5-6-7-8-9-10-11-12-17-14(16)13-15;;/h2-13H2,1H3;;. The number of unbranched alkanes of at least 4 members (excludes halogenated alkanes) is 9. The molecular weight excluding hydrogens is 259 g/mol. The van der Waals surface area contributed by atoms with Crippen molar-refractivity contribution in [3.05, 3.63) is 0 Å². The van der Waals surface area contributed by atoms with Gasteiger partial charge in [-0.2, -0.15) is 0 Å². The van der Waals surface area contributed by atoms with Crippen LogP contribution in [0.5, 0.6) is 0 Å². The number of ether oxygens (including phenoxy) is 1. The van der Waals surface area contributed by atoms with Gasteiger partial charge in [0.1, 0.15) is 5.88 Å². The van der Waals surface area contributed by atoms with E-state index >= 15 is 0 Å². The number of hydrogen-bond acceptors (Lipinski definition) is 2. The third kappa shape index (κ3) is 16.8. The van der Waals surface area contributed by atoms with Crippen LogP contribution < -0.4 is 0 Å². The molecule has 0 rings (SSSR count). The monoisotopic (exact) mass is 286 g/mol. The predicted octanol–water partition coefficient (Wildman–Crippen LogP) is 4.04. The van der Waals surface area contributed by atoms with E-state index < -0.39 is 0 Å². The van der Waals surface area contributed by atoms with E-state index in [0.29, 0.717) is 6.61 Å². The summed E-state index contributed by atoms with van der Waals surface area (Å²) in [5, 5.41) is 0. The van der Waals surface area contributed by atoms with E-state index in [4.69, 9.17) is 16.3 Å². The van der Waals surface area contributed by atoms with E-state index in [1.54, 1.807) is 0 Å². The Kier molecular flexibility index (Phi) is 20.8. The number of carbonyl (C=O) groups is 1. The van der Waals surface area contributed by atoms with Crippen molar-refractivity contribution in [2.75, 3.05) is 12.5 Å². The second kappa shape index (κ2) is 17.8. The van der Waals surface area contributed by atoms with Gasteiger partial charge in [0.2, 0.25) is 0 Å². The maximum absolute atomic E-state index is 10.7. The molecule has 0 fully saturated rings. The summed E-state index contributed by atoms with van der Waals surface area (Å²) in [6, 6.07) is 0. The number of alkyl halides is 1. The molecule has 0 aliphatic heterocycles. The molecule has 0 aromatic heterocycles. The van der Waals surface area contributed by atoms with E-state index in [1.807, 2.05) is 0 Å². The van der Waals surface area contributed by atoms with Gasteiger partial charge in [0.25, 0.3) is 0 Å². The van der Waals surface area contributed by atoms with Crippen molar-refractivity contribution >= 4 is 47.1 Å². The van der Waals surface area contributed by atoms with Crippen LogP contribution in [0.25, 0.3) is 0 Å². The van der Waals surface area contributed by atoms with Gasteiger partial charge in [0.15, 0.2) is 0 Å². The average molecular weight is 287 g/mol. The molecule has 0 heterocycles. The van der Waals surface area contributed by atoms with Crippen LogP contribution in [0.4, 0.5) is 0 Å². The fourth-order valence-electron chi connectivity index (χ4n) is 1.81. The number of halogens is 1. The van der Waals surface area contributed by atoms with Crippen molar-refractivity contribution in [1.82, 2.24) is 0 Å². The zero-order valence-electron chi connectivity index (χ0n) is 11.2. The molecule has 0 radical (unpaired) electrons. The summed E-state index contributed by atoms with van der Waals surface area (Å²) in [7, 11) is 0. The molecule has 0 amide bonds. The average Bonchev–Trinajstić information content (AvgIpc) is 2.35. The zero-order valence-corrected chi connectivity index (χ0v) is 11.9. The maximum atomic E-state index is 10.7. The third-order valence-electron chi connectivity index (χ3n) is 2.87. The van der Waals surface area contributed by atoms with Crippen LogP contribution in [0, 0.1) is 0 Å². The van der Waals surface area contributed by atoms with Crippen LogP contribution in [-0.2, 0) is 9.53 Å². The fourth-order valence-corrected chi connectivity index (χ4v) is 1.89. The molecule has 0 saturated heterocycles. The summed E-state index contributed by atoms with van der Waals surface area (Å²) in [6.45, 7) is 2.78. The Morgan fingerprint density at radius 3 is 1.78 bits per heavy atom. The summed E-state index contributed by atoms with van der Waals surface area (Å²) in [6.07, 6.45) is 12.9. The van der Waals surface area contributed by atoms with Gasteiger partial charge >= 0.3 is 35.5 Å². The van der Waals surface area contributed by atoms with E-state index in [-0.39, 0.29) is 41.4 Å². The molecule has 4 heteroatoms. The molecule has 18 heavy (non-hydrogen) atoms. The fraction of sp³-hybridized carbons (Fsp3) is 0.929. The Bertz CT molecular complexity index is 177. The molecule has 104 valence electrons. The molecule has 0 N–H and O–H groups in total. The van der Waals surface area contributed by atoms with Gasteiger partial charge in [-0.1, -0.05) is 64.7 Å². The number of rotatable bonds is 12. The summed E-state index contributed by atoms with van der Waals surface area (Å²) >= 11 is 5.31. The van der Waals surface area contributed by atoms with Gasteiger partial charge in [-0.25, -0.2) is 0 Å². The first-order chi connectivity index (χ1) is 8.31. The van der Waals surface area contributed by atoms with Crippen molar-refractivity contribution in [3.63, 3.8) is 0 Å². The molecule has 0 bridgehead atoms. The van der Waals surface area contributed by atoms with Crippen LogP contribution in [0.3, 0.4) is 0 Å². The molecule has 0 spiro atoms. The Morgan fingerprint density at radius 2 is 1.33 bits per heavy atom. The van der Waals surface area contributed by atoms with Crippen molar-refractivity contribution in [1.29, 1.82) is 0 Å². The molecule has 0 unspecified atom stereocenters. The predicted molar refractivity (Wildman–Crippen MR) is 80.7 cm³/mol. The molecular formula is C14H28ClNaO2. The van der Waals surface area contributed by atoms with Crippen molar-refractivity contribution < 1.29 is 9.53 Å². The zero-order chi connectivity index (χ0) is 12.8. The molecule has 0 saturated carbocycles. The number of carbonyl (C=O) groups excluding carboxylic acids is 1. The first-order valence-corrected chi connectivity index (χ1v) is 7.56.